The lowest BCUT2D eigenvalue weighted by molar-refractivity contribution is -0.198. The van der Waals surface area contributed by atoms with Crippen LogP contribution in [0.15, 0.2) is 12.3 Å². The number of aliphatic hydroxyl groups is 1. The monoisotopic (exact) mass is 284 g/mol. The highest BCUT2D eigenvalue weighted by Crippen LogP contribution is 2.23. The number of aromatic carboxylic acids is 1. The summed E-state index contributed by atoms with van der Waals surface area (Å²) >= 11 is 5.62. The first-order valence-corrected chi connectivity index (χ1v) is 4.97. The van der Waals surface area contributed by atoms with Crippen molar-refractivity contribution in [1.29, 1.82) is 0 Å². The van der Waals surface area contributed by atoms with E-state index in [1.807, 2.05) is 0 Å². The summed E-state index contributed by atoms with van der Waals surface area (Å²) in [6, 6.07) is 1.04. The molecular weight excluding hydrogens is 277 g/mol. The molecule has 0 aromatic carbocycles. The first-order valence-electron chi connectivity index (χ1n) is 4.59. The van der Waals surface area contributed by atoms with Crippen LogP contribution >= 0.6 is 11.6 Å². The molecule has 0 amide bonds. The van der Waals surface area contributed by atoms with Crippen LogP contribution < -0.4 is 5.32 Å². The number of halogens is 4. The SMILES string of the molecule is O=C(O)c1cnc(NCC(O)C(F)(F)F)c(Cl)c1. The van der Waals surface area contributed by atoms with E-state index in [-0.39, 0.29) is 16.4 Å². The van der Waals surface area contributed by atoms with Gasteiger partial charge >= 0.3 is 12.1 Å². The van der Waals surface area contributed by atoms with Crippen molar-refractivity contribution in [2.24, 2.45) is 0 Å². The number of hydrogen-bond acceptors (Lipinski definition) is 4. The Kier molecular flexibility index (Phi) is 4.36. The first kappa shape index (κ1) is 14.5. The lowest BCUT2D eigenvalue weighted by Crippen LogP contribution is -2.35. The van der Waals surface area contributed by atoms with Crippen molar-refractivity contribution in [2.75, 3.05) is 11.9 Å². The Morgan fingerprint density at radius 2 is 2.17 bits per heavy atom. The summed E-state index contributed by atoms with van der Waals surface area (Å²) in [6.07, 6.45) is -6.37. The van der Waals surface area contributed by atoms with Gasteiger partial charge in [0.15, 0.2) is 6.10 Å². The van der Waals surface area contributed by atoms with Gasteiger partial charge in [0.05, 0.1) is 17.1 Å². The van der Waals surface area contributed by atoms with Crippen molar-refractivity contribution in [1.82, 2.24) is 4.98 Å². The summed E-state index contributed by atoms with van der Waals surface area (Å²) in [5.74, 6) is -1.39. The van der Waals surface area contributed by atoms with E-state index in [9.17, 15) is 18.0 Å². The van der Waals surface area contributed by atoms with Gasteiger partial charge in [0.2, 0.25) is 0 Å². The Morgan fingerprint density at radius 3 is 2.61 bits per heavy atom. The van der Waals surface area contributed by atoms with Gasteiger partial charge in [0.1, 0.15) is 5.82 Å². The first-order chi connectivity index (χ1) is 8.21. The van der Waals surface area contributed by atoms with Crippen molar-refractivity contribution in [3.8, 4) is 0 Å². The molecule has 1 heterocycles. The fraction of sp³-hybridized carbons (Fsp3) is 0.333. The minimum absolute atomic E-state index is 0.134. The third-order valence-corrected chi connectivity index (χ3v) is 2.22. The van der Waals surface area contributed by atoms with Crippen LogP contribution in [-0.4, -0.2) is 40.0 Å². The largest absolute Gasteiger partial charge is 0.478 e. The maximum atomic E-state index is 12.0. The molecule has 3 N–H and O–H groups in total. The van der Waals surface area contributed by atoms with Crippen LogP contribution in [0, 0.1) is 0 Å². The lowest BCUT2D eigenvalue weighted by atomic mass is 10.3. The van der Waals surface area contributed by atoms with Gasteiger partial charge in [0, 0.05) is 6.20 Å². The summed E-state index contributed by atoms with van der Waals surface area (Å²) in [5, 5.41) is 19.4. The number of anilines is 1. The third-order valence-electron chi connectivity index (χ3n) is 1.93. The van der Waals surface area contributed by atoms with Crippen LogP contribution in [0.5, 0.6) is 0 Å². The Morgan fingerprint density at radius 1 is 1.56 bits per heavy atom. The van der Waals surface area contributed by atoms with Gasteiger partial charge in [-0.1, -0.05) is 11.6 Å². The molecular formula is C9H8ClF3N2O3. The summed E-state index contributed by atoms with van der Waals surface area (Å²) in [6.45, 7) is -0.831. The Bertz CT molecular complexity index is 453. The summed E-state index contributed by atoms with van der Waals surface area (Å²) in [4.78, 5) is 14.1. The molecule has 1 atom stereocenters. The van der Waals surface area contributed by atoms with Gasteiger partial charge in [-0.15, -0.1) is 0 Å². The summed E-state index contributed by atoms with van der Waals surface area (Å²) in [5.41, 5.74) is -0.193. The molecule has 0 saturated heterocycles. The molecule has 1 aromatic heterocycles. The minimum atomic E-state index is -4.75. The molecule has 1 rings (SSSR count). The van der Waals surface area contributed by atoms with Crippen LogP contribution in [0.4, 0.5) is 19.0 Å². The zero-order valence-corrected chi connectivity index (χ0v) is 9.46. The van der Waals surface area contributed by atoms with Gasteiger partial charge < -0.3 is 15.5 Å². The molecule has 0 aliphatic heterocycles. The van der Waals surface area contributed by atoms with Crippen molar-refractivity contribution >= 4 is 23.4 Å². The predicted molar refractivity (Wildman–Crippen MR) is 56.8 cm³/mol. The predicted octanol–water partition coefficient (Wildman–Crippen LogP) is 1.77. The van der Waals surface area contributed by atoms with Gasteiger partial charge in [-0.05, 0) is 6.07 Å². The van der Waals surface area contributed by atoms with Gasteiger partial charge in [-0.3, -0.25) is 0 Å². The summed E-state index contributed by atoms with van der Waals surface area (Å²) < 4.78 is 36.0. The number of pyridine rings is 1. The van der Waals surface area contributed by atoms with Crippen molar-refractivity contribution in [3.63, 3.8) is 0 Å². The van der Waals surface area contributed by atoms with Crippen LogP contribution in [-0.2, 0) is 0 Å². The molecule has 9 heteroatoms. The van der Waals surface area contributed by atoms with E-state index in [1.54, 1.807) is 0 Å². The van der Waals surface area contributed by atoms with E-state index >= 15 is 0 Å². The molecule has 18 heavy (non-hydrogen) atoms. The van der Waals surface area contributed by atoms with Gasteiger partial charge in [0.25, 0.3) is 0 Å². The van der Waals surface area contributed by atoms with E-state index in [4.69, 9.17) is 21.8 Å². The van der Waals surface area contributed by atoms with Crippen molar-refractivity contribution in [2.45, 2.75) is 12.3 Å². The quantitative estimate of drug-likeness (QED) is 0.785. The molecule has 0 bridgehead atoms. The maximum absolute atomic E-state index is 12.0. The topological polar surface area (TPSA) is 82.5 Å². The fourth-order valence-corrected chi connectivity index (χ4v) is 1.23. The maximum Gasteiger partial charge on any atom is 0.416 e. The molecule has 1 unspecified atom stereocenters. The number of aromatic nitrogens is 1. The molecule has 0 radical (unpaired) electrons. The number of carboxylic acid groups (broad SMARTS) is 1. The van der Waals surface area contributed by atoms with E-state index in [1.165, 1.54) is 0 Å². The zero-order chi connectivity index (χ0) is 13.9. The second-order valence-electron chi connectivity index (χ2n) is 3.30. The van der Waals surface area contributed by atoms with Crippen LogP contribution in [0.3, 0.4) is 0 Å². The average molecular weight is 285 g/mol. The summed E-state index contributed by atoms with van der Waals surface area (Å²) in [7, 11) is 0. The minimum Gasteiger partial charge on any atom is -0.478 e. The lowest BCUT2D eigenvalue weighted by Gasteiger charge is -2.15. The highest BCUT2D eigenvalue weighted by atomic mass is 35.5. The number of nitrogens with zero attached hydrogens (tertiary/aromatic N) is 1. The van der Waals surface area contributed by atoms with Crippen LogP contribution in [0.25, 0.3) is 0 Å². The van der Waals surface area contributed by atoms with E-state index in [2.05, 4.69) is 10.3 Å². The Balaban J connectivity index is 2.72. The second kappa shape index (κ2) is 5.40. The highest BCUT2D eigenvalue weighted by Gasteiger charge is 2.37. The van der Waals surface area contributed by atoms with E-state index in [0.717, 1.165) is 12.3 Å². The van der Waals surface area contributed by atoms with Crippen molar-refractivity contribution in [3.05, 3.63) is 22.8 Å². The fourth-order valence-electron chi connectivity index (χ4n) is 0.994. The molecule has 0 spiro atoms. The molecule has 0 aliphatic rings. The number of carbonyl (C=O) groups is 1. The Hall–Kier alpha value is -1.54. The molecule has 0 fully saturated rings. The number of rotatable bonds is 4. The van der Waals surface area contributed by atoms with Gasteiger partial charge in [-0.25, -0.2) is 9.78 Å². The zero-order valence-electron chi connectivity index (χ0n) is 8.70. The molecule has 0 aliphatic carbocycles. The number of carboxylic acids is 1. The normalized spacial score (nSPS) is 13.2. The number of hydrogen-bond donors (Lipinski definition) is 3. The van der Waals surface area contributed by atoms with E-state index < -0.39 is 24.8 Å². The molecule has 1 aromatic rings. The van der Waals surface area contributed by atoms with E-state index in [0.29, 0.717) is 0 Å². The molecule has 0 saturated carbocycles. The molecule has 5 nitrogen and oxygen atoms in total. The standard InChI is InChI=1S/C9H8ClF3N2O3/c10-5-1-4(8(17)18)2-14-7(5)15-3-6(16)9(11,12)13/h1-2,6,16H,3H2,(H,14,15)(H,17,18). The molecule has 100 valence electrons. The third kappa shape index (κ3) is 3.74. The van der Waals surface area contributed by atoms with Crippen LogP contribution in [0.1, 0.15) is 10.4 Å². The number of nitrogens with one attached hydrogen (secondary N) is 1. The number of aliphatic hydroxyl groups excluding tert-OH is 1. The number of alkyl halides is 3. The smallest absolute Gasteiger partial charge is 0.416 e. The second-order valence-corrected chi connectivity index (χ2v) is 3.71. The highest BCUT2D eigenvalue weighted by molar-refractivity contribution is 6.33. The van der Waals surface area contributed by atoms with Crippen LogP contribution in [0.2, 0.25) is 5.02 Å². The Labute approximate surface area is 104 Å². The van der Waals surface area contributed by atoms with Gasteiger partial charge in [-0.2, -0.15) is 13.2 Å². The average Bonchev–Trinajstić information content (AvgIpc) is 2.25. The van der Waals surface area contributed by atoms with Crippen molar-refractivity contribution < 1.29 is 28.2 Å².